The van der Waals surface area contributed by atoms with Crippen molar-refractivity contribution in [1.29, 1.82) is 0 Å². The highest BCUT2D eigenvalue weighted by Crippen LogP contribution is 2.23. The molecule has 0 spiro atoms. The van der Waals surface area contributed by atoms with Crippen LogP contribution in [-0.2, 0) is 4.79 Å². The first kappa shape index (κ1) is 20.1. The second-order valence-electron chi connectivity index (χ2n) is 6.15. The van der Waals surface area contributed by atoms with E-state index in [2.05, 4.69) is 10.4 Å². The molecular formula is C20H17ClFN3O2S. The van der Waals surface area contributed by atoms with Crippen LogP contribution in [0, 0.1) is 19.7 Å². The Morgan fingerprint density at radius 2 is 1.93 bits per heavy atom. The van der Waals surface area contributed by atoms with Crippen LogP contribution in [-0.4, -0.2) is 21.4 Å². The van der Waals surface area contributed by atoms with E-state index in [1.54, 1.807) is 6.07 Å². The molecule has 0 aliphatic rings. The first-order valence-corrected chi connectivity index (χ1v) is 9.75. The average Bonchev–Trinajstić information content (AvgIpc) is 2.66. The zero-order valence-electron chi connectivity index (χ0n) is 15.2. The van der Waals surface area contributed by atoms with Gasteiger partial charge in [0.15, 0.2) is 0 Å². The third-order valence-electron chi connectivity index (χ3n) is 4.07. The Morgan fingerprint density at radius 1 is 1.14 bits per heavy atom. The van der Waals surface area contributed by atoms with Gasteiger partial charge in [0.25, 0.3) is 5.56 Å². The Bertz CT molecular complexity index is 1100. The molecule has 1 amide bonds. The van der Waals surface area contributed by atoms with Gasteiger partial charge in [-0.05, 0) is 61.4 Å². The minimum Gasteiger partial charge on any atom is -0.324 e. The summed E-state index contributed by atoms with van der Waals surface area (Å²) in [6.45, 7) is 3.96. The van der Waals surface area contributed by atoms with Crippen molar-refractivity contribution in [3.63, 3.8) is 0 Å². The predicted molar refractivity (Wildman–Crippen MR) is 110 cm³/mol. The fraction of sp³-hybridized carbons (Fsp3) is 0.150. The van der Waals surface area contributed by atoms with E-state index >= 15 is 0 Å². The van der Waals surface area contributed by atoms with E-state index < -0.39 is 5.82 Å². The SMILES string of the molecule is Cc1ccc(-n2nc(SCC(=O)Nc3ccc(F)cc3Cl)ccc2=O)cc1C. The standard InChI is InChI=1S/C20H17ClFN3O2S/c1-12-3-5-15(9-13(12)2)25-20(27)8-7-19(24-25)28-11-18(26)23-17-6-4-14(22)10-16(17)21/h3-10H,11H2,1-2H3,(H,23,26). The molecule has 1 heterocycles. The number of carbonyl (C=O) groups excluding carboxylic acids is 1. The highest BCUT2D eigenvalue weighted by molar-refractivity contribution is 7.99. The second kappa shape index (κ2) is 8.58. The molecule has 1 aromatic heterocycles. The van der Waals surface area contributed by atoms with E-state index in [0.717, 1.165) is 17.2 Å². The van der Waals surface area contributed by atoms with Crippen molar-refractivity contribution in [1.82, 2.24) is 9.78 Å². The van der Waals surface area contributed by atoms with E-state index in [1.807, 2.05) is 32.0 Å². The lowest BCUT2D eigenvalue weighted by Crippen LogP contribution is -2.21. The molecule has 144 valence electrons. The zero-order valence-corrected chi connectivity index (χ0v) is 16.8. The van der Waals surface area contributed by atoms with Crippen LogP contribution < -0.4 is 10.9 Å². The largest absolute Gasteiger partial charge is 0.324 e. The van der Waals surface area contributed by atoms with Crippen LogP contribution in [0.2, 0.25) is 5.02 Å². The lowest BCUT2D eigenvalue weighted by molar-refractivity contribution is -0.113. The molecule has 0 saturated heterocycles. The molecule has 1 N–H and O–H groups in total. The summed E-state index contributed by atoms with van der Waals surface area (Å²) in [4.78, 5) is 24.3. The summed E-state index contributed by atoms with van der Waals surface area (Å²) in [5.74, 6) is -0.731. The first-order chi connectivity index (χ1) is 13.3. The summed E-state index contributed by atoms with van der Waals surface area (Å²) in [6, 6.07) is 12.4. The lowest BCUT2D eigenvalue weighted by atomic mass is 10.1. The van der Waals surface area contributed by atoms with E-state index in [4.69, 9.17) is 11.6 Å². The Labute approximate surface area is 170 Å². The van der Waals surface area contributed by atoms with Crippen LogP contribution in [0.4, 0.5) is 10.1 Å². The van der Waals surface area contributed by atoms with Crippen LogP contribution >= 0.6 is 23.4 Å². The van der Waals surface area contributed by atoms with Gasteiger partial charge in [-0.2, -0.15) is 9.78 Å². The summed E-state index contributed by atoms with van der Waals surface area (Å²) in [6.07, 6.45) is 0. The third-order valence-corrected chi connectivity index (χ3v) is 5.30. The van der Waals surface area contributed by atoms with Gasteiger partial charge < -0.3 is 5.32 Å². The van der Waals surface area contributed by atoms with Gasteiger partial charge >= 0.3 is 0 Å². The molecule has 5 nitrogen and oxygen atoms in total. The molecule has 0 radical (unpaired) electrons. The van der Waals surface area contributed by atoms with Crippen molar-refractivity contribution in [3.8, 4) is 5.69 Å². The molecule has 8 heteroatoms. The number of aryl methyl sites for hydroxylation is 2. The number of anilines is 1. The summed E-state index contributed by atoms with van der Waals surface area (Å²) in [5.41, 5.74) is 2.92. The Kier molecular flexibility index (Phi) is 6.16. The second-order valence-corrected chi connectivity index (χ2v) is 7.55. The van der Waals surface area contributed by atoms with Gasteiger partial charge in [0, 0.05) is 6.07 Å². The number of benzene rings is 2. The van der Waals surface area contributed by atoms with Crippen molar-refractivity contribution in [2.45, 2.75) is 18.9 Å². The van der Waals surface area contributed by atoms with Gasteiger partial charge in [-0.1, -0.05) is 29.4 Å². The summed E-state index contributed by atoms with van der Waals surface area (Å²) >= 11 is 7.09. The Morgan fingerprint density at radius 3 is 2.64 bits per heavy atom. The van der Waals surface area contributed by atoms with Gasteiger partial charge in [-0.15, -0.1) is 0 Å². The molecule has 3 rings (SSSR count). The highest BCUT2D eigenvalue weighted by atomic mass is 35.5. The number of hydrogen-bond acceptors (Lipinski definition) is 4. The number of nitrogens with one attached hydrogen (secondary N) is 1. The molecule has 28 heavy (non-hydrogen) atoms. The van der Waals surface area contributed by atoms with Crippen molar-refractivity contribution in [2.24, 2.45) is 0 Å². The first-order valence-electron chi connectivity index (χ1n) is 8.39. The lowest BCUT2D eigenvalue weighted by Gasteiger charge is -2.09. The van der Waals surface area contributed by atoms with Crippen LogP contribution in [0.3, 0.4) is 0 Å². The van der Waals surface area contributed by atoms with Crippen molar-refractivity contribution in [2.75, 3.05) is 11.1 Å². The van der Waals surface area contributed by atoms with Crippen LogP contribution in [0.25, 0.3) is 5.69 Å². The maximum Gasteiger partial charge on any atom is 0.271 e. The fourth-order valence-electron chi connectivity index (χ4n) is 2.43. The van der Waals surface area contributed by atoms with Crippen molar-refractivity contribution >= 4 is 35.0 Å². The molecule has 3 aromatic rings. The van der Waals surface area contributed by atoms with Crippen LogP contribution in [0.1, 0.15) is 11.1 Å². The molecule has 0 aliphatic carbocycles. The molecule has 0 unspecified atom stereocenters. The highest BCUT2D eigenvalue weighted by Gasteiger charge is 2.10. The molecule has 0 aliphatic heterocycles. The van der Waals surface area contributed by atoms with Gasteiger partial charge in [-0.3, -0.25) is 9.59 Å². The van der Waals surface area contributed by atoms with Crippen LogP contribution in [0.5, 0.6) is 0 Å². The molecule has 2 aromatic carbocycles. The van der Waals surface area contributed by atoms with E-state index in [9.17, 15) is 14.0 Å². The Balaban J connectivity index is 1.71. The normalized spacial score (nSPS) is 10.7. The minimum absolute atomic E-state index is 0.0613. The van der Waals surface area contributed by atoms with Gasteiger partial charge in [0.05, 0.1) is 22.2 Å². The summed E-state index contributed by atoms with van der Waals surface area (Å²) in [7, 11) is 0. The third kappa shape index (κ3) is 4.79. The quantitative estimate of drug-likeness (QED) is 0.626. The number of halogens is 2. The molecule has 0 saturated carbocycles. The molecular weight excluding hydrogens is 401 g/mol. The number of nitrogens with zero attached hydrogens (tertiary/aromatic N) is 2. The van der Waals surface area contributed by atoms with E-state index in [-0.39, 0.29) is 22.2 Å². The molecule has 0 bridgehead atoms. The maximum atomic E-state index is 13.1. The monoisotopic (exact) mass is 417 g/mol. The summed E-state index contributed by atoms with van der Waals surface area (Å²) < 4.78 is 14.4. The van der Waals surface area contributed by atoms with Crippen molar-refractivity contribution < 1.29 is 9.18 Å². The zero-order chi connectivity index (χ0) is 20.3. The topological polar surface area (TPSA) is 64.0 Å². The number of carbonyl (C=O) groups is 1. The summed E-state index contributed by atoms with van der Waals surface area (Å²) in [5, 5.41) is 7.61. The van der Waals surface area contributed by atoms with Crippen molar-refractivity contribution in [3.05, 3.63) is 80.9 Å². The van der Waals surface area contributed by atoms with E-state index in [0.29, 0.717) is 16.4 Å². The smallest absolute Gasteiger partial charge is 0.271 e. The van der Waals surface area contributed by atoms with Gasteiger partial charge in [-0.25, -0.2) is 4.39 Å². The number of rotatable bonds is 5. The predicted octanol–water partition coefficient (Wildman–Crippen LogP) is 4.37. The van der Waals surface area contributed by atoms with Gasteiger partial charge in [0.2, 0.25) is 5.91 Å². The van der Waals surface area contributed by atoms with E-state index in [1.165, 1.54) is 34.6 Å². The fourth-order valence-corrected chi connectivity index (χ4v) is 3.30. The number of thioether (sulfide) groups is 1. The molecule has 0 atom stereocenters. The Hall–Kier alpha value is -2.64. The minimum atomic E-state index is -0.477. The average molecular weight is 418 g/mol. The number of hydrogen-bond donors (Lipinski definition) is 1. The molecule has 0 fully saturated rings. The van der Waals surface area contributed by atoms with Crippen LogP contribution in [0.15, 0.2) is 58.4 Å². The van der Waals surface area contributed by atoms with Gasteiger partial charge in [0.1, 0.15) is 10.8 Å². The number of amides is 1. The maximum absolute atomic E-state index is 13.1. The number of aromatic nitrogens is 2.